The molecule has 1 amide bonds. The fraction of sp³-hybridized carbons (Fsp3) is 0.500. The molecule has 0 aromatic heterocycles. The number of amides is 1. The van der Waals surface area contributed by atoms with Crippen molar-refractivity contribution in [1.82, 2.24) is 10.6 Å². The predicted molar refractivity (Wildman–Crippen MR) is 154 cm³/mol. The van der Waals surface area contributed by atoms with Gasteiger partial charge in [0.05, 0.1) is 5.56 Å². The summed E-state index contributed by atoms with van der Waals surface area (Å²) in [6.45, 7) is 15.9. The Morgan fingerprint density at radius 1 is 1.00 bits per heavy atom. The second-order valence-electron chi connectivity index (χ2n) is 9.86. The number of carbonyl (C=O) groups is 2. The van der Waals surface area contributed by atoms with E-state index >= 15 is 0 Å². The number of halogens is 2. The van der Waals surface area contributed by atoms with Gasteiger partial charge in [-0.15, -0.1) is 0 Å². The molecular weight excluding hydrogens is 482 g/mol. The minimum atomic E-state index is -0.665. The third kappa shape index (κ3) is 11.7. The maximum atomic E-state index is 14.1. The number of carbonyl (C=O) groups excluding carboxylic acids is 2. The Bertz CT molecular complexity index is 1050. The number of benzene rings is 2. The average Bonchev–Trinajstić information content (AvgIpc) is 3.48. The van der Waals surface area contributed by atoms with Crippen LogP contribution in [0.1, 0.15) is 95.6 Å². The van der Waals surface area contributed by atoms with Crippen molar-refractivity contribution in [3.63, 3.8) is 0 Å². The first-order valence-electron chi connectivity index (χ1n) is 13.8. The van der Waals surface area contributed by atoms with Crippen LogP contribution in [0.3, 0.4) is 0 Å². The van der Waals surface area contributed by atoms with Crippen molar-refractivity contribution in [3.8, 4) is 0 Å². The summed E-state index contributed by atoms with van der Waals surface area (Å²) in [6.07, 6.45) is 5.73. The normalized spacial score (nSPS) is 15.4. The number of Topliss-reactive ketones (excluding diaryl/α,β-unsaturated/α-hetero) is 1. The number of allylic oxidation sites excluding steroid dienone is 1. The number of rotatable bonds is 6. The van der Waals surface area contributed by atoms with Gasteiger partial charge in [-0.2, -0.15) is 0 Å². The highest BCUT2D eigenvalue weighted by Gasteiger charge is 2.21. The average molecular weight is 529 g/mol. The SMILES string of the molecule is CC.CC(=O)c1c(F)cccc1C(C(=O)NCc1cccc(F)c1)=C(C)C.CC1CC1.CC[C@@H]1CCNC1. The Labute approximate surface area is 228 Å². The van der Waals surface area contributed by atoms with Crippen LogP contribution in [-0.2, 0) is 11.3 Å². The molecule has 2 N–H and O–H groups in total. The molecule has 0 unspecified atom stereocenters. The van der Waals surface area contributed by atoms with Gasteiger partial charge in [0.25, 0.3) is 5.91 Å². The molecular formula is C32H46F2N2O2. The molecule has 1 heterocycles. The first kappa shape index (κ1) is 33.2. The van der Waals surface area contributed by atoms with E-state index in [0.717, 1.165) is 11.8 Å². The molecule has 2 aromatic carbocycles. The van der Waals surface area contributed by atoms with Crippen LogP contribution in [0.4, 0.5) is 8.78 Å². The monoisotopic (exact) mass is 528 g/mol. The van der Waals surface area contributed by atoms with Crippen LogP contribution < -0.4 is 10.6 Å². The van der Waals surface area contributed by atoms with Crippen molar-refractivity contribution in [1.29, 1.82) is 0 Å². The lowest BCUT2D eigenvalue weighted by atomic mass is 9.93. The molecule has 0 radical (unpaired) electrons. The van der Waals surface area contributed by atoms with Crippen LogP contribution in [0.5, 0.6) is 0 Å². The van der Waals surface area contributed by atoms with E-state index in [1.807, 2.05) is 13.8 Å². The molecule has 0 bridgehead atoms. The van der Waals surface area contributed by atoms with Gasteiger partial charge < -0.3 is 10.6 Å². The maximum absolute atomic E-state index is 14.1. The van der Waals surface area contributed by atoms with Crippen molar-refractivity contribution >= 4 is 17.3 Å². The van der Waals surface area contributed by atoms with E-state index in [9.17, 15) is 18.4 Å². The quantitative estimate of drug-likeness (QED) is 0.298. The number of hydrogen-bond acceptors (Lipinski definition) is 3. The van der Waals surface area contributed by atoms with E-state index in [4.69, 9.17) is 0 Å². The lowest BCUT2D eigenvalue weighted by molar-refractivity contribution is -0.115. The van der Waals surface area contributed by atoms with Gasteiger partial charge in [-0.3, -0.25) is 9.59 Å². The summed E-state index contributed by atoms with van der Waals surface area (Å²) >= 11 is 0. The van der Waals surface area contributed by atoms with Crippen molar-refractivity contribution in [2.45, 2.75) is 80.7 Å². The Kier molecular flexibility index (Phi) is 15.4. The zero-order valence-electron chi connectivity index (χ0n) is 24.2. The lowest BCUT2D eigenvalue weighted by Crippen LogP contribution is -2.25. The van der Waals surface area contributed by atoms with Crippen molar-refractivity contribution in [3.05, 3.63) is 76.4 Å². The summed E-state index contributed by atoms with van der Waals surface area (Å²) in [6, 6.07) is 10.1. The topological polar surface area (TPSA) is 58.2 Å². The molecule has 2 aliphatic rings. The van der Waals surface area contributed by atoms with Gasteiger partial charge in [0.15, 0.2) is 5.78 Å². The summed E-state index contributed by atoms with van der Waals surface area (Å²) in [5.74, 6) is 0.113. The fourth-order valence-corrected chi connectivity index (χ4v) is 3.86. The second-order valence-corrected chi connectivity index (χ2v) is 9.86. The third-order valence-electron chi connectivity index (χ3n) is 6.31. The predicted octanol–water partition coefficient (Wildman–Crippen LogP) is 7.73. The highest BCUT2D eigenvalue weighted by Crippen LogP contribution is 2.27. The van der Waals surface area contributed by atoms with E-state index in [1.54, 1.807) is 32.0 Å². The molecule has 1 saturated heterocycles. The summed E-state index contributed by atoms with van der Waals surface area (Å²) in [5.41, 5.74) is 1.63. The largest absolute Gasteiger partial charge is 0.348 e. The molecule has 1 aliphatic carbocycles. The molecule has 4 rings (SSSR count). The molecule has 210 valence electrons. The lowest BCUT2D eigenvalue weighted by Gasteiger charge is -2.14. The van der Waals surface area contributed by atoms with E-state index < -0.39 is 23.3 Å². The summed E-state index contributed by atoms with van der Waals surface area (Å²) in [5, 5.41) is 6.02. The van der Waals surface area contributed by atoms with E-state index in [-0.39, 0.29) is 23.2 Å². The molecule has 2 fully saturated rings. The molecule has 6 heteroatoms. The van der Waals surface area contributed by atoms with Crippen LogP contribution in [0.25, 0.3) is 5.57 Å². The molecule has 1 saturated carbocycles. The Hall–Kier alpha value is -2.86. The van der Waals surface area contributed by atoms with Crippen LogP contribution in [0.15, 0.2) is 48.0 Å². The highest BCUT2D eigenvalue weighted by molar-refractivity contribution is 6.22. The third-order valence-corrected chi connectivity index (χ3v) is 6.31. The van der Waals surface area contributed by atoms with Gasteiger partial charge in [0, 0.05) is 17.7 Å². The van der Waals surface area contributed by atoms with Crippen LogP contribution in [0.2, 0.25) is 0 Å². The molecule has 38 heavy (non-hydrogen) atoms. The fourth-order valence-electron chi connectivity index (χ4n) is 3.86. The van der Waals surface area contributed by atoms with Gasteiger partial charge in [-0.1, -0.05) is 76.8 Å². The molecule has 1 atom stereocenters. The van der Waals surface area contributed by atoms with Gasteiger partial charge in [-0.25, -0.2) is 8.78 Å². The number of nitrogens with one attached hydrogen (secondary N) is 2. The van der Waals surface area contributed by atoms with Gasteiger partial charge >= 0.3 is 0 Å². The van der Waals surface area contributed by atoms with Gasteiger partial charge in [-0.05, 0) is 75.9 Å². The van der Waals surface area contributed by atoms with Crippen LogP contribution in [0, 0.1) is 23.5 Å². The molecule has 2 aromatic rings. The first-order valence-corrected chi connectivity index (χ1v) is 13.8. The zero-order chi connectivity index (χ0) is 28.7. The molecule has 1 aliphatic heterocycles. The Morgan fingerprint density at radius 3 is 2.08 bits per heavy atom. The zero-order valence-corrected chi connectivity index (χ0v) is 24.2. The Morgan fingerprint density at radius 2 is 1.63 bits per heavy atom. The van der Waals surface area contributed by atoms with Crippen molar-refractivity contribution in [2.75, 3.05) is 13.1 Å². The first-order chi connectivity index (χ1) is 18.1. The summed E-state index contributed by atoms with van der Waals surface area (Å²) in [7, 11) is 0. The Balaban J connectivity index is 0.000000451. The van der Waals surface area contributed by atoms with E-state index in [0.29, 0.717) is 11.1 Å². The van der Waals surface area contributed by atoms with Crippen LogP contribution >= 0.6 is 0 Å². The number of hydrogen-bond donors (Lipinski definition) is 2. The minimum absolute atomic E-state index is 0.111. The minimum Gasteiger partial charge on any atom is -0.348 e. The van der Waals surface area contributed by atoms with Crippen molar-refractivity contribution in [2.24, 2.45) is 11.8 Å². The standard InChI is InChI=1S/C20H19F2NO2.C6H13N.C4H8.C2H6/c1-12(2)18(16-8-5-9-17(22)19(16)13(3)24)20(25)23-11-14-6-4-7-15(21)10-14;1-2-6-3-4-7-5-6;1-4-2-3-4;1-2/h4-10H,11H2,1-3H3,(H,23,25);6-7H,2-5H2,1H3;4H,2-3H2,1H3;1-2H3/t;6-;;/m.1../s1. The molecule has 0 spiro atoms. The van der Waals surface area contributed by atoms with Gasteiger partial charge in [0.1, 0.15) is 11.6 Å². The number of ketones is 1. The van der Waals surface area contributed by atoms with E-state index in [1.165, 1.54) is 70.0 Å². The van der Waals surface area contributed by atoms with Crippen LogP contribution in [-0.4, -0.2) is 24.8 Å². The highest BCUT2D eigenvalue weighted by atomic mass is 19.1. The maximum Gasteiger partial charge on any atom is 0.252 e. The summed E-state index contributed by atoms with van der Waals surface area (Å²) in [4.78, 5) is 24.5. The van der Waals surface area contributed by atoms with Gasteiger partial charge in [0.2, 0.25) is 0 Å². The van der Waals surface area contributed by atoms with Crippen molar-refractivity contribution < 1.29 is 18.4 Å². The van der Waals surface area contributed by atoms with E-state index in [2.05, 4.69) is 24.5 Å². The second kappa shape index (κ2) is 17.6. The molecule has 4 nitrogen and oxygen atoms in total. The summed E-state index contributed by atoms with van der Waals surface area (Å²) < 4.78 is 27.3. The smallest absolute Gasteiger partial charge is 0.252 e.